The maximum atomic E-state index is 12.7. The largest absolute Gasteiger partial charge is 0.356 e. The molecule has 0 unspecified atom stereocenters. The fraction of sp³-hybridized carbons (Fsp3) is 0.316. The van der Waals surface area contributed by atoms with Gasteiger partial charge in [-0.25, -0.2) is 0 Å². The number of aryl methyl sites for hydroxylation is 1. The Kier molecular flexibility index (Phi) is 3.99. The predicted molar refractivity (Wildman–Crippen MR) is 96.0 cm³/mol. The molecule has 0 bridgehead atoms. The third kappa shape index (κ3) is 2.96. The van der Waals surface area contributed by atoms with Crippen molar-refractivity contribution < 1.29 is 14.4 Å². The summed E-state index contributed by atoms with van der Waals surface area (Å²) in [5.74, 6) is -0.101. The molecular formula is C19H20N4O3. The zero-order chi connectivity index (χ0) is 18.3. The van der Waals surface area contributed by atoms with E-state index in [0.717, 1.165) is 11.3 Å². The number of carbonyl (C=O) groups excluding carboxylic acids is 3. The molecule has 2 aliphatic rings. The molecule has 0 aliphatic carbocycles. The zero-order valence-electron chi connectivity index (χ0n) is 14.6. The van der Waals surface area contributed by atoms with Crippen LogP contribution in [0.15, 0.2) is 36.7 Å². The van der Waals surface area contributed by atoms with Crippen LogP contribution in [0.5, 0.6) is 0 Å². The van der Waals surface area contributed by atoms with E-state index in [1.54, 1.807) is 40.3 Å². The van der Waals surface area contributed by atoms with Crippen LogP contribution in [0.2, 0.25) is 0 Å². The van der Waals surface area contributed by atoms with Crippen LogP contribution in [0.25, 0.3) is 0 Å². The molecule has 0 atom stereocenters. The second-order valence-electron chi connectivity index (χ2n) is 6.75. The van der Waals surface area contributed by atoms with Crippen molar-refractivity contribution in [1.29, 1.82) is 0 Å². The van der Waals surface area contributed by atoms with Crippen LogP contribution in [0.1, 0.15) is 26.3 Å². The first-order chi connectivity index (χ1) is 12.5. The van der Waals surface area contributed by atoms with Gasteiger partial charge in [0.25, 0.3) is 11.8 Å². The molecule has 1 aromatic carbocycles. The standard InChI is InChI=1S/C19H20N4O3/c1-21-5-4-14(12-21)19(26)23-8-6-22(7-9-23)18(25)13-2-3-16-15(10-13)11-17(24)20-16/h2-5,10,12H,6-9,11H2,1H3,(H,20,24). The SMILES string of the molecule is Cn1ccc(C(=O)N2CCN(C(=O)c3ccc4c(c3)CC(=O)N4)CC2)c1. The highest BCUT2D eigenvalue weighted by atomic mass is 16.2. The average molecular weight is 352 g/mol. The van der Waals surface area contributed by atoms with E-state index in [1.165, 1.54) is 0 Å². The molecular weight excluding hydrogens is 332 g/mol. The number of anilines is 1. The summed E-state index contributed by atoms with van der Waals surface area (Å²) in [4.78, 5) is 40.2. The van der Waals surface area contributed by atoms with E-state index in [1.807, 2.05) is 17.8 Å². The summed E-state index contributed by atoms with van der Waals surface area (Å²) in [6.07, 6.45) is 3.97. The molecule has 3 amide bonds. The van der Waals surface area contributed by atoms with Gasteiger partial charge < -0.3 is 19.7 Å². The minimum Gasteiger partial charge on any atom is -0.356 e. The van der Waals surface area contributed by atoms with Crippen molar-refractivity contribution in [3.63, 3.8) is 0 Å². The van der Waals surface area contributed by atoms with Crippen molar-refractivity contribution >= 4 is 23.4 Å². The highest BCUT2D eigenvalue weighted by molar-refractivity contribution is 6.01. The van der Waals surface area contributed by atoms with Crippen molar-refractivity contribution in [1.82, 2.24) is 14.4 Å². The zero-order valence-corrected chi connectivity index (χ0v) is 14.6. The van der Waals surface area contributed by atoms with Gasteiger partial charge in [0.15, 0.2) is 0 Å². The first-order valence-corrected chi connectivity index (χ1v) is 8.64. The monoisotopic (exact) mass is 352 g/mol. The molecule has 2 aromatic rings. The number of rotatable bonds is 2. The van der Waals surface area contributed by atoms with E-state index in [0.29, 0.717) is 43.7 Å². The van der Waals surface area contributed by atoms with Crippen molar-refractivity contribution in [2.45, 2.75) is 6.42 Å². The lowest BCUT2D eigenvalue weighted by molar-refractivity contribution is -0.115. The molecule has 3 heterocycles. The van der Waals surface area contributed by atoms with E-state index >= 15 is 0 Å². The summed E-state index contributed by atoms with van der Waals surface area (Å²) < 4.78 is 1.85. The van der Waals surface area contributed by atoms with Gasteiger partial charge >= 0.3 is 0 Å². The third-order valence-corrected chi connectivity index (χ3v) is 4.91. The van der Waals surface area contributed by atoms with E-state index in [9.17, 15) is 14.4 Å². The fourth-order valence-corrected chi connectivity index (χ4v) is 3.47. The molecule has 2 aliphatic heterocycles. The molecule has 0 spiro atoms. The summed E-state index contributed by atoms with van der Waals surface area (Å²) in [7, 11) is 1.88. The van der Waals surface area contributed by atoms with Crippen LogP contribution in [-0.4, -0.2) is 58.3 Å². The molecule has 1 aromatic heterocycles. The molecule has 0 saturated carbocycles. The minimum atomic E-state index is -0.0565. The Morgan fingerprint density at radius 1 is 0.962 bits per heavy atom. The number of aromatic nitrogens is 1. The van der Waals surface area contributed by atoms with Gasteiger partial charge in [-0.05, 0) is 29.8 Å². The highest BCUT2D eigenvalue weighted by Gasteiger charge is 2.27. The van der Waals surface area contributed by atoms with Crippen molar-refractivity contribution in [3.8, 4) is 0 Å². The smallest absolute Gasteiger partial charge is 0.255 e. The number of benzene rings is 1. The van der Waals surface area contributed by atoms with E-state index in [-0.39, 0.29) is 17.7 Å². The molecule has 1 N–H and O–H groups in total. The summed E-state index contributed by atoms with van der Waals surface area (Å²) in [5.41, 5.74) is 2.90. The molecule has 134 valence electrons. The number of nitrogens with one attached hydrogen (secondary N) is 1. The maximum Gasteiger partial charge on any atom is 0.255 e. The van der Waals surface area contributed by atoms with Gasteiger partial charge in [0.1, 0.15) is 0 Å². The Bertz CT molecular complexity index is 894. The van der Waals surface area contributed by atoms with E-state index in [2.05, 4.69) is 5.32 Å². The molecule has 4 rings (SSSR count). The predicted octanol–water partition coefficient (Wildman–Crippen LogP) is 1.12. The summed E-state index contributed by atoms with van der Waals surface area (Å²) in [6.45, 7) is 2.05. The Morgan fingerprint density at radius 2 is 1.62 bits per heavy atom. The normalized spacial score (nSPS) is 16.4. The lowest BCUT2D eigenvalue weighted by atomic mass is 10.1. The topological polar surface area (TPSA) is 74.7 Å². The van der Waals surface area contributed by atoms with Gasteiger partial charge in [-0.15, -0.1) is 0 Å². The lowest BCUT2D eigenvalue weighted by Crippen LogP contribution is -2.50. The third-order valence-electron chi connectivity index (χ3n) is 4.91. The van der Waals surface area contributed by atoms with Gasteiger partial charge in [0.2, 0.25) is 5.91 Å². The number of piperazine rings is 1. The van der Waals surface area contributed by atoms with Crippen LogP contribution in [0.4, 0.5) is 5.69 Å². The number of nitrogens with zero attached hydrogens (tertiary/aromatic N) is 3. The lowest BCUT2D eigenvalue weighted by Gasteiger charge is -2.34. The second kappa shape index (κ2) is 6.33. The van der Waals surface area contributed by atoms with Crippen LogP contribution in [0.3, 0.4) is 0 Å². The first-order valence-electron chi connectivity index (χ1n) is 8.64. The molecule has 1 fully saturated rings. The van der Waals surface area contributed by atoms with Crippen LogP contribution in [0, 0.1) is 0 Å². The molecule has 1 saturated heterocycles. The summed E-state index contributed by atoms with van der Waals surface area (Å²) in [6, 6.07) is 7.12. The Labute approximate surface area is 151 Å². The van der Waals surface area contributed by atoms with E-state index in [4.69, 9.17) is 0 Å². The van der Waals surface area contributed by atoms with Gasteiger partial charge in [-0.1, -0.05) is 0 Å². The number of hydrogen-bond donors (Lipinski definition) is 1. The molecule has 26 heavy (non-hydrogen) atoms. The molecule has 0 radical (unpaired) electrons. The number of carbonyl (C=O) groups is 3. The number of amides is 3. The second-order valence-corrected chi connectivity index (χ2v) is 6.75. The van der Waals surface area contributed by atoms with Crippen molar-refractivity contribution in [2.24, 2.45) is 7.05 Å². The highest BCUT2D eigenvalue weighted by Crippen LogP contribution is 2.24. The van der Waals surface area contributed by atoms with Crippen LogP contribution < -0.4 is 5.32 Å². The van der Waals surface area contributed by atoms with E-state index < -0.39 is 0 Å². The van der Waals surface area contributed by atoms with Crippen molar-refractivity contribution in [3.05, 3.63) is 53.3 Å². The Morgan fingerprint density at radius 3 is 2.23 bits per heavy atom. The van der Waals surface area contributed by atoms with Crippen LogP contribution in [-0.2, 0) is 18.3 Å². The fourth-order valence-electron chi connectivity index (χ4n) is 3.47. The van der Waals surface area contributed by atoms with Gasteiger partial charge in [-0.2, -0.15) is 0 Å². The average Bonchev–Trinajstić information content (AvgIpc) is 3.24. The first kappa shape index (κ1) is 16.4. The Balaban J connectivity index is 1.40. The summed E-state index contributed by atoms with van der Waals surface area (Å²) in [5, 5.41) is 2.77. The van der Waals surface area contributed by atoms with Gasteiger partial charge in [0.05, 0.1) is 12.0 Å². The quantitative estimate of drug-likeness (QED) is 0.880. The Hall–Kier alpha value is -3.09. The van der Waals surface area contributed by atoms with Crippen LogP contribution >= 0.6 is 0 Å². The summed E-state index contributed by atoms with van der Waals surface area (Å²) >= 11 is 0. The van der Waals surface area contributed by atoms with Gasteiger partial charge in [0, 0.05) is 56.9 Å². The maximum absolute atomic E-state index is 12.7. The molecule has 7 nitrogen and oxygen atoms in total. The van der Waals surface area contributed by atoms with Gasteiger partial charge in [-0.3, -0.25) is 14.4 Å². The number of hydrogen-bond acceptors (Lipinski definition) is 3. The number of fused-ring (bicyclic) bond motifs is 1. The minimum absolute atomic E-state index is 0.000170. The molecule has 7 heteroatoms. The van der Waals surface area contributed by atoms with Crippen molar-refractivity contribution in [2.75, 3.05) is 31.5 Å².